The SMILES string of the molecule is CNC[C@@H]1CCCN(C)[C@@H]1c1ccnn1C. The Morgan fingerprint density at radius 1 is 1.50 bits per heavy atom. The molecule has 4 heteroatoms. The van der Waals surface area contributed by atoms with Crippen LogP contribution >= 0.6 is 0 Å². The first kappa shape index (κ1) is 11.6. The second-order valence-electron chi connectivity index (χ2n) is 4.77. The Kier molecular flexibility index (Phi) is 3.61. The Labute approximate surface area is 97.6 Å². The molecule has 1 aromatic heterocycles. The van der Waals surface area contributed by atoms with E-state index in [1.807, 2.05) is 25.0 Å². The summed E-state index contributed by atoms with van der Waals surface area (Å²) in [6, 6.07) is 2.66. The van der Waals surface area contributed by atoms with E-state index in [2.05, 4.69) is 28.4 Å². The summed E-state index contributed by atoms with van der Waals surface area (Å²) < 4.78 is 2.01. The predicted molar refractivity (Wildman–Crippen MR) is 65.2 cm³/mol. The Morgan fingerprint density at radius 2 is 2.31 bits per heavy atom. The van der Waals surface area contributed by atoms with Crippen LogP contribution in [0.1, 0.15) is 24.6 Å². The van der Waals surface area contributed by atoms with Crippen molar-refractivity contribution in [2.45, 2.75) is 18.9 Å². The van der Waals surface area contributed by atoms with E-state index in [1.54, 1.807) is 0 Å². The lowest BCUT2D eigenvalue weighted by molar-refractivity contribution is 0.114. The summed E-state index contributed by atoms with van der Waals surface area (Å²) in [6.07, 6.45) is 4.51. The lowest BCUT2D eigenvalue weighted by Gasteiger charge is -2.39. The Balaban J connectivity index is 2.22. The van der Waals surface area contributed by atoms with Gasteiger partial charge in [0.1, 0.15) is 0 Å². The maximum absolute atomic E-state index is 4.29. The van der Waals surface area contributed by atoms with Crippen molar-refractivity contribution in [1.82, 2.24) is 20.0 Å². The lowest BCUT2D eigenvalue weighted by Crippen LogP contribution is -2.40. The smallest absolute Gasteiger partial charge is 0.0555 e. The van der Waals surface area contributed by atoms with Crippen molar-refractivity contribution in [3.05, 3.63) is 18.0 Å². The first-order valence-corrected chi connectivity index (χ1v) is 6.06. The molecule has 1 saturated heterocycles. The van der Waals surface area contributed by atoms with E-state index >= 15 is 0 Å². The second-order valence-corrected chi connectivity index (χ2v) is 4.77. The highest BCUT2D eigenvalue weighted by molar-refractivity contribution is 5.10. The molecule has 4 nitrogen and oxygen atoms in total. The fourth-order valence-electron chi connectivity index (χ4n) is 2.88. The maximum atomic E-state index is 4.29. The molecule has 1 aromatic rings. The highest BCUT2D eigenvalue weighted by atomic mass is 15.3. The monoisotopic (exact) mass is 222 g/mol. The molecule has 1 aliphatic rings. The molecule has 2 atom stereocenters. The van der Waals surface area contributed by atoms with E-state index in [-0.39, 0.29) is 0 Å². The molecule has 2 heterocycles. The van der Waals surface area contributed by atoms with Crippen LogP contribution in [0.3, 0.4) is 0 Å². The topological polar surface area (TPSA) is 33.1 Å². The number of aryl methyl sites for hydroxylation is 1. The van der Waals surface area contributed by atoms with Gasteiger partial charge in [0.05, 0.1) is 11.7 Å². The number of likely N-dealkylation sites (tertiary alicyclic amines) is 1. The minimum atomic E-state index is 0.508. The van der Waals surface area contributed by atoms with Crippen molar-refractivity contribution >= 4 is 0 Å². The van der Waals surface area contributed by atoms with Gasteiger partial charge >= 0.3 is 0 Å². The van der Waals surface area contributed by atoms with Crippen LogP contribution in [0.25, 0.3) is 0 Å². The van der Waals surface area contributed by atoms with Crippen molar-refractivity contribution in [2.75, 3.05) is 27.2 Å². The van der Waals surface area contributed by atoms with Crippen LogP contribution in [0.2, 0.25) is 0 Å². The number of nitrogens with zero attached hydrogens (tertiary/aromatic N) is 3. The fourth-order valence-corrected chi connectivity index (χ4v) is 2.88. The molecule has 1 aliphatic heterocycles. The molecule has 16 heavy (non-hydrogen) atoms. The van der Waals surface area contributed by atoms with Crippen molar-refractivity contribution in [1.29, 1.82) is 0 Å². The van der Waals surface area contributed by atoms with Crippen LogP contribution in [0.4, 0.5) is 0 Å². The van der Waals surface area contributed by atoms with Gasteiger partial charge in [-0.05, 0) is 52.0 Å². The van der Waals surface area contributed by atoms with Crippen LogP contribution in [0.15, 0.2) is 12.3 Å². The van der Waals surface area contributed by atoms with E-state index in [1.165, 1.54) is 25.1 Å². The molecule has 0 bridgehead atoms. The summed E-state index contributed by atoms with van der Waals surface area (Å²) in [4.78, 5) is 2.46. The average molecular weight is 222 g/mol. The predicted octanol–water partition coefficient (Wildman–Crippen LogP) is 1.02. The van der Waals surface area contributed by atoms with Crippen LogP contribution in [0.5, 0.6) is 0 Å². The van der Waals surface area contributed by atoms with Gasteiger partial charge in [-0.2, -0.15) is 5.10 Å². The van der Waals surface area contributed by atoms with E-state index in [0.29, 0.717) is 12.0 Å². The van der Waals surface area contributed by atoms with Crippen LogP contribution in [-0.2, 0) is 7.05 Å². The highest BCUT2D eigenvalue weighted by Crippen LogP contribution is 2.34. The summed E-state index contributed by atoms with van der Waals surface area (Å²) in [6.45, 7) is 2.27. The molecule has 0 unspecified atom stereocenters. The largest absolute Gasteiger partial charge is 0.319 e. The minimum absolute atomic E-state index is 0.508. The van der Waals surface area contributed by atoms with Crippen LogP contribution in [0, 0.1) is 5.92 Å². The Bertz CT molecular complexity index is 332. The Hall–Kier alpha value is -0.870. The van der Waals surface area contributed by atoms with Gasteiger partial charge in [0.25, 0.3) is 0 Å². The third-order valence-corrected chi connectivity index (χ3v) is 3.64. The van der Waals surface area contributed by atoms with E-state index in [9.17, 15) is 0 Å². The molecule has 0 amide bonds. The zero-order valence-electron chi connectivity index (χ0n) is 10.5. The first-order chi connectivity index (χ1) is 7.74. The third-order valence-electron chi connectivity index (χ3n) is 3.64. The average Bonchev–Trinajstić information content (AvgIpc) is 2.65. The number of piperidine rings is 1. The van der Waals surface area contributed by atoms with Crippen molar-refractivity contribution in [3.8, 4) is 0 Å². The van der Waals surface area contributed by atoms with Gasteiger partial charge in [-0.3, -0.25) is 9.58 Å². The van der Waals surface area contributed by atoms with Gasteiger partial charge < -0.3 is 5.32 Å². The summed E-state index contributed by atoms with van der Waals surface area (Å²) in [5.74, 6) is 0.694. The molecule has 0 aliphatic carbocycles. The van der Waals surface area contributed by atoms with Gasteiger partial charge in [-0.1, -0.05) is 0 Å². The van der Waals surface area contributed by atoms with Crippen LogP contribution < -0.4 is 5.32 Å². The standard InChI is InChI=1S/C12H22N4/c1-13-9-10-5-4-8-15(2)12(10)11-6-7-14-16(11)3/h6-7,10,12-13H,4-5,8-9H2,1-3H3/t10-,12-/m0/s1. The molecule has 1 N–H and O–H groups in total. The van der Waals surface area contributed by atoms with Gasteiger partial charge in [0.2, 0.25) is 0 Å². The molecular weight excluding hydrogens is 200 g/mol. The summed E-state index contributed by atoms with van der Waals surface area (Å²) in [5.41, 5.74) is 1.34. The number of rotatable bonds is 3. The fraction of sp³-hybridized carbons (Fsp3) is 0.750. The summed E-state index contributed by atoms with van der Waals surface area (Å²) in [5, 5.41) is 7.60. The van der Waals surface area contributed by atoms with Crippen molar-refractivity contribution in [2.24, 2.45) is 13.0 Å². The molecule has 1 fully saturated rings. The van der Waals surface area contributed by atoms with Crippen LogP contribution in [-0.4, -0.2) is 41.9 Å². The zero-order chi connectivity index (χ0) is 11.5. The summed E-state index contributed by atoms with van der Waals surface area (Å²) >= 11 is 0. The second kappa shape index (κ2) is 4.97. The lowest BCUT2D eigenvalue weighted by atomic mass is 9.87. The first-order valence-electron chi connectivity index (χ1n) is 6.06. The third kappa shape index (κ3) is 2.13. The van der Waals surface area contributed by atoms with Gasteiger partial charge in [-0.15, -0.1) is 0 Å². The molecule has 90 valence electrons. The number of aromatic nitrogens is 2. The molecule has 2 rings (SSSR count). The normalized spacial score (nSPS) is 27.2. The zero-order valence-corrected chi connectivity index (χ0v) is 10.5. The number of nitrogens with one attached hydrogen (secondary N) is 1. The highest BCUT2D eigenvalue weighted by Gasteiger charge is 2.31. The van der Waals surface area contributed by atoms with E-state index in [0.717, 1.165) is 6.54 Å². The van der Waals surface area contributed by atoms with E-state index < -0.39 is 0 Å². The molecule has 0 aromatic carbocycles. The maximum Gasteiger partial charge on any atom is 0.0555 e. The molecular formula is C12H22N4. The Morgan fingerprint density at radius 3 is 2.94 bits per heavy atom. The molecule has 0 radical (unpaired) electrons. The number of hydrogen-bond acceptors (Lipinski definition) is 3. The summed E-state index contributed by atoms with van der Waals surface area (Å²) in [7, 11) is 6.29. The van der Waals surface area contributed by atoms with E-state index in [4.69, 9.17) is 0 Å². The molecule has 0 saturated carbocycles. The van der Waals surface area contributed by atoms with Crippen molar-refractivity contribution in [3.63, 3.8) is 0 Å². The van der Waals surface area contributed by atoms with Gasteiger partial charge in [-0.25, -0.2) is 0 Å². The van der Waals surface area contributed by atoms with Crippen molar-refractivity contribution < 1.29 is 0 Å². The van der Waals surface area contributed by atoms with Gasteiger partial charge in [0.15, 0.2) is 0 Å². The van der Waals surface area contributed by atoms with Gasteiger partial charge in [0, 0.05) is 13.2 Å². The minimum Gasteiger partial charge on any atom is -0.319 e. The quantitative estimate of drug-likeness (QED) is 0.829. The molecule has 0 spiro atoms. The number of hydrogen-bond donors (Lipinski definition) is 1.